The normalized spacial score (nSPS) is 10.3. The Morgan fingerprint density at radius 2 is 2.04 bits per heavy atom. The number of carbonyl (C=O) groups is 1. The van der Waals surface area contributed by atoms with Crippen LogP contribution < -0.4 is 10.1 Å². The maximum absolute atomic E-state index is 12.6. The van der Waals surface area contributed by atoms with Crippen LogP contribution in [0.4, 0.5) is 11.4 Å². The van der Waals surface area contributed by atoms with Gasteiger partial charge in [-0.3, -0.25) is 14.9 Å². The number of nitrogens with one attached hydrogen (secondary N) is 1. The van der Waals surface area contributed by atoms with Gasteiger partial charge in [-0.2, -0.15) is 0 Å². The highest BCUT2D eigenvalue weighted by Gasteiger charge is 2.22. The minimum atomic E-state index is -0.586. The summed E-state index contributed by atoms with van der Waals surface area (Å²) >= 11 is 7.43. The van der Waals surface area contributed by atoms with Crippen LogP contribution in [0.15, 0.2) is 35.2 Å². The standard InChI is InChI=1S/C16H15ClN2O4S/c1-9-6-13(15(23-2)8-12(9)17)18-16(20)11-7-10(24-3)4-5-14(11)19(21)22/h4-8H,1-3H3,(H,18,20). The molecule has 0 radical (unpaired) electrons. The number of hydrogen-bond donors (Lipinski definition) is 1. The minimum absolute atomic E-state index is 0.0125. The monoisotopic (exact) mass is 366 g/mol. The maximum Gasteiger partial charge on any atom is 0.282 e. The number of aryl methyl sites for hydroxylation is 1. The Labute approximate surface area is 148 Å². The molecule has 2 aromatic carbocycles. The summed E-state index contributed by atoms with van der Waals surface area (Å²) in [6.07, 6.45) is 1.83. The molecule has 0 atom stereocenters. The second-order valence-corrected chi connectivity index (χ2v) is 6.18. The summed E-state index contributed by atoms with van der Waals surface area (Å²) < 4.78 is 5.20. The number of nitro groups is 1. The molecule has 0 unspecified atom stereocenters. The van der Waals surface area contributed by atoms with Crippen molar-refractivity contribution < 1.29 is 14.5 Å². The van der Waals surface area contributed by atoms with E-state index in [-0.39, 0.29) is 11.3 Å². The second-order valence-electron chi connectivity index (χ2n) is 4.90. The lowest BCUT2D eigenvalue weighted by molar-refractivity contribution is -0.385. The summed E-state index contributed by atoms with van der Waals surface area (Å²) in [6, 6.07) is 7.66. The Morgan fingerprint density at radius 1 is 1.33 bits per heavy atom. The smallest absolute Gasteiger partial charge is 0.282 e. The Kier molecular flexibility index (Phi) is 5.69. The van der Waals surface area contributed by atoms with Gasteiger partial charge in [0.25, 0.3) is 11.6 Å². The Balaban J connectivity index is 2.43. The Hall–Kier alpha value is -2.25. The van der Waals surface area contributed by atoms with Crippen molar-refractivity contribution in [1.29, 1.82) is 0 Å². The van der Waals surface area contributed by atoms with Gasteiger partial charge < -0.3 is 10.1 Å². The highest BCUT2D eigenvalue weighted by Crippen LogP contribution is 2.32. The molecule has 0 aliphatic rings. The SMILES string of the molecule is COc1cc(Cl)c(C)cc1NC(=O)c1cc(SC)ccc1[N+](=O)[O-]. The van der Waals surface area contributed by atoms with Crippen LogP contribution in [0.3, 0.4) is 0 Å². The van der Waals surface area contributed by atoms with Crippen molar-refractivity contribution in [3.63, 3.8) is 0 Å². The quantitative estimate of drug-likeness (QED) is 0.477. The van der Waals surface area contributed by atoms with Crippen molar-refractivity contribution in [2.75, 3.05) is 18.7 Å². The van der Waals surface area contributed by atoms with E-state index in [0.29, 0.717) is 16.5 Å². The molecule has 0 heterocycles. The molecule has 0 spiro atoms. The van der Waals surface area contributed by atoms with E-state index >= 15 is 0 Å². The van der Waals surface area contributed by atoms with E-state index in [4.69, 9.17) is 16.3 Å². The average Bonchev–Trinajstić information content (AvgIpc) is 2.57. The van der Waals surface area contributed by atoms with Gasteiger partial charge in [0.1, 0.15) is 11.3 Å². The molecular weight excluding hydrogens is 352 g/mol. The van der Waals surface area contributed by atoms with Gasteiger partial charge in [0.2, 0.25) is 0 Å². The minimum Gasteiger partial charge on any atom is -0.495 e. The first-order valence-electron chi connectivity index (χ1n) is 6.85. The molecule has 1 amide bonds. The molecule has 0 saturated heterocycles. The number of amides is 1. The van der Waals surface area contributed by atoms with Gasteiger partial charge in [0.05, 0.1) is 17.7 Å². The predicted octanol–water partition coefficient (Wildman–Crippen LogP) is 4.54. The van der Waals surface area contributed by atoms with Crippen LogP contribution in [0.5, 0.6) is 5.75 Å². The van der Waals surface area contributed by atoms with Gasteiger partial charge in [0, 0.05) is 22.1 Å². The van der Waals surface area contributed by atoms with Gasteiger partial charge >= 0.3 is 0 Å². The van der Waals surface area contributed by atoms with Gasteiger partial charge in [0.15, 0.2) is 0 Å². The zero-order chi connectivity index (χ0) is 17.9. The number of methoxy groups -OCH3 is 1. The van der Waals surface area contributed by atoms with E-state index in [9.17, 15) is 14.9 Å². The lowest BCUT2D eigenvalue weighted by Gasteiger charge is -2.12. The van der Waals surface area contributed by atoms with Gasteiger partial charge in [-0.25, -0.2) is 0 Å². The average molecular weight is 367 g/mol. The van der Waals surface area contributed by atoms with Crippen LogP contribution >= 0.6 is 23.4 Å². The van der Waals surface area contributed by atoms with Crippen molar-refractivity contribution in [3.8, 4) is 5.75 Å². The van der Waals surface area contributed by atoms with Crippen molar-refractivity contribution in [3.05, 3.63) is 56.6 Å². The molecule has 8 heteroatoms. The molecule has 6 nitrogen and oxygen atoms in total. The molecule has 0 bridgehead atoms. The summed E-state index contributed by atoms with van der Waals surface area (Å²) in [5, 5.41) is 14.3. The number of nitrogens with zero attached hydrogens (tertiary/aromatic N) is 1. The van der Waals surface area contributed by atoms with Crippen LogP contribution in [-0.2, 0) is 0 Å². The number of halogens is 1. The highest BCUT2D eigenvalue weighted by atomic mass is 35.5. The topological polar surface area (TPSA) is 81.5 Å². The van der Waals surface area contributed by atoms with Gasteiger partial charge in [-0.1, -0.05) is 11.6 Å². The van der Waals surface area contributed by atoms with Gasteiger partial charge in [-0.05, 0) is 36.9 Å². The number of thioether (sulfide) groups is 1. The molecule has 0 aliphatic heterocycles. The molecular formula is C16H15ClN2O4S. The van der Waals surface area contributed by atoms with Crippen LogP contribution in [-0.4, -0.2) is 24.2 Å². The lowest BCUT2D eigenvalue weighted by atomic mass is 10.1. The second kappa shape index (κ2) is 7.55. The predicted molar refractivity (Wildman–Crippen MR) is 95.6 cm³/mol. The molecule has 2 rings (SSSR count). The number of anilines is 1. The Bertz CT molecular complexity index is 811. The van der Waals surface area contributed by atoms with Crippen LogP contribution in [0.25, 0.3) is 0 Å². The van der Waals surface area contributed by atoms with E-state index in [1.165, 1.54) is 31.0 Å². The van der Waals surface area contributed by atoms with E-state index in [0.717, 1.165) is 10.5 Å². The summed E-state index contributed by atoms with van der Waals surface area (Å²) in [6.45, 7) is 1.79. The zero-order valence-corrected chi connectivity index (χ0v) is 14.8. The number of benzene rings is 2. The van der Waals surface area contributed by atoms with Crippen LogP contribution in [0.2, 0.25) is 5.02 Å². The third-order valence-electron chi connectivity index (χ3n) is 3.37. The summed E-state index contributed by atoms with van der Waals surface area (Å²) in [7, 11) is 1.45. The molecule has 126 valence electrons. The Morgan fingerprint density at radius 3 is 2.62 bits per heavy atom. The zero-order valence-electron chi connectivity index (χ0n) is 13.3. The fraction of sp³-hybridized carbons (Fsp3) is 0.188. The first-order chi connectivity index (χ1) is 11.4. The third kappa shape index (κ3) is 3.80. The molecule has 2 aromatic rings. The van der Waals surface area contributed by atoms with Crippen molar-refractivity contribution in [2.24, 2.45) is 0 Å². The number of hydrogen-bond acceptors (Lipinski definition) is 5. The number of nitro benzene ring substituents is 1. The third-order valence-corrected chi connectivity index (χ3v) is 4.51. The number of carbonyl (C=O) groups excluding carboxylic acids is 1. The fourth-order valence-corrected chi connectivity index (χ4v) is 2.70. The number of ether oxygens (including phenoxy) is 1. The summed E-state index contributed by atoms with van der Waals surface area (Å²) in [4.78, 5) is 23.9. The van der Waals surface area contributed by atoms with E-state index < -0.39 is 10.8 Å². The van der Waals surface area contributed by atoms with Crippen molar-refractivity contribution >= 4 is 40.6 Å². The molecule has 0 saturated carbocycles. The highest BCUT2D eigenvalue weighted by molar-refractivity contribution is 7.98. The van der Waals surface area contributed by atoms with Crippen LogP contribution in [0.1, 0.15) is 15.9 Å². The van der Waals surface area contributed by atoms with E-state index in [1.807, 2.05) is 6.26 Å². The van der Waals surface area contributed by atoms with Gasteiger partial charge in [-0.15, -0.1) is 11.8 Å². The number of rotatable bonds is 5. The van der Waals surface area contributed by atoms with E-state index in [2.05, 4.69) is 5.32 Å². The van der Waals surface area contributed by atoms with E-state index in [1.54, 1.807) is 25.1 Å². The molecule has 0 aromatic heterocycles. The molecule has 0 aliphatic carbocycles. The summed E-state index contributed by atoms with van der Waals surface area (Å²) in [5.74, 6) is -0.208. The van der Waals surface area contributed by atoms with Crippen molar-refractivity contribution in [2.45, 2.75) is 11.8 Å². The molecule has 24 heavy (non-hydrogen) atoms. The van der Waals surface area contributed by atoms with Crippen LogP contribution in [0, 0.1) is 17.0 Å². The molecule has 0 fully saturated rings. The summed E-state index contributed by atoms with van der Waals surface area (Å²) in [5.41, 5.74) is 0.879. The fourth-order valence-electron chi connectivity index (χ4n) is 2.10. The lowest BCUT2D eigenvalue weighted by Crippen LogP contribution is -2.15. The largest absolute Gasteiger partial charge is 0.495 e. The van der Waals surface area contributed by atoms with Crippen molar-refractivity contribution in [1.82, 2.24) is 0 Å². The maximum atomic E-state index is 12.6. The molecule has 1 N–H and O–H groups in total. The first-order valence-corrected chi connectivity index (χ1v) is 8.45. The first kappa shape index (κ1) is 18.1.